The van der Waals surface area contributed by atoms with E-state index >= 15 is 0 Å². The third-order valence-corrected chi connectivity index (χ3v) is 68.6. The molecule has 4 aromatic carbocycles. The number of fused-ring (bicyclic) bond motifs is 2. The van der Waals surface area contributed by atoms with Gasteiger partial charge in [0.05, 0.1) is 0 Å². The Morgan fingerprint density at radius 1 is 0.516 bits per heavy atom. The Bertz CT molecular complexity index is 2070. The average molecular weight is 964 g/mol. The zero-order valence-electron chi connectivity index (χ0n) is 39.4. The molecule has 4 aromatic rings. The first-order chi connectivity index (χ1) is 29.9. The molecule has 0 N–H and O–H groups in total. The van der Waals surface area contributed by atoms with E-state index < -0.39 is 21.5 Å². The molecule has 4 aliphatic rings. The van der Waals surface area contributed by atoms with Gasteiger partial charge in [0.25, 0.3) is 0 Å². The van der Waals surface area contributed by atoms with Crippen LogP contribution in [0.1, 0.15) is 183 Å². The Balaban J connectivity index is 1.37. The van der Waals surface area contributed by atoms with Gasteiger partial charge in [-0.15, -0.1) is 0 Å². The monoisotopic (exact) mass is 961 g/mol. The molecule has 0 saturated heterocycles. The maximum atomic E-state index is 9.38. The van der Waals surface area contributed by atoms with Crippen molar-refractivity contribution < 1.29 is 15.6 Å². The summed E-state index contributed by atoms with van der Waals surface area (Å²) in [5, 5.41) is 0. The quantitative estimate of drug-likeness (QED) is 0.117. The molecule has 2 fully saturated rings. The fourth-order valence-corrected chi connectivity index (χ4v) is 44.9. The van der Waals surface area contributed by atoms with Gasteiger partial charge < -0.3 is 0 Å². The van der Waals surface area contributed by atoms with E-state index in [9.17, 15) is 17.0 Å². The molecule has 0 nitrogen and oxygen atoms in total. The van der Waals surface area contributed by atoms with Crippen LogP contribution in [0.4, 0.5) is 0 Å². The molecule has 0 radical (unpaired) electrons. The first-order valence-electron chi connectivity index (χ1n) is 25.3. The van der Waals surface area contributed by atoms with Gasteiger partial charge in [-0.2, -0.15) is 0 Å². The first-order valence-corrected chi connectivity index (χ1v) is 41.6. The van der Waals surface area contributed by atoms with E-state index in [1.807, 2.05) is 0 Å². The van der Waals surface area contributed by atoms with Crippen LogP contribution < -0.4 is 0 Å². The van der Waals surface area contributed by atoms with Gasteiger partial charge >= 0.3 is 390 Å². The van der Waals surface area contributed by atoms with E-state index in [1.165, 1.54) is 171 Å². The van der Waals surface area contributed by atoms with Crippen molar-refractivity contribution in [3.63, 3.8) is 0 Å². The van der Waals surface area contributed by atoms with Crippen molar-refractivity contribution in [1.29, 1.82) is 0 Å². The standard InChI is InChI=1S/2C28H35.C2H7Si.2ClH.Zr/c2*1-3-16-28(17-7-5-4-6-8-18-28)21-23-19-25-10-9-11-26(27(25)20-23)24-14-12-22(2)13-15-24;1-3-2;;;/h2*9-15,19-20H,3-8,16-18,21H2,1-2H3;3H,1-2H3;2*1H;/q;;;;;+2/p-2. The molecule has 0 heterocycles. The Morgan fingerprint density at radius 2 is 0.871 bits per heavy atom. The summed E-state index contributed by atoms with van der Waals surface area (Å²) in [7, 11) is 18.8. The average Bonchev–Trinajstić information content (AvgIpc) is 3.81. The molecule has 0 aliphatic heterocycles. The van der Waals surface area contributed by atoms with Crippen LogP contribution in [-0.2, 0) is 15.6 Å². The molecule has 0 aromatic heterocycles. The van der Waals surface area contributed by atoms with Crippen molar-refractivity contribution in [2.24, 2.45) is 10.8 Å². The van der Waals surface area contributed by atoms with E-state index in [4.69, 9.17) is 0 Å². The SMILES string of the molecule is CCCC1(CC2=Cc3c(-c4ccc(C)cc4)cccc3[CH]2[Zr]([Cl])([Cl])([CH]2C(CC3(CCC)CCCCCCC3)=Cc3c(-c4ccc(C)cc4)cccc32)[SiH](C)C)CCCCCCC1. The molecule has 2 saturated carbocycles. The Labute approximate surface area is 386 Å². The van der Waals surface area contributed by atoms with E-state index in [1.54, 1.807) is 11.1 Å². The molecular formula is C58H77Cl2SiZr. The van der Waals surface area contributed by atoms with Crippen LogP contribution >= 0.6 is 17.0 Å². The van der Waals surface area contributed by atoms with E-state index in [-0.39, 0.29) is 7.25 Å². The number of rotatable bonds is 13. The maximum absolute atomic E-state index is 9.38. The van der Waals surface area contributed by atoms with Crippen molar-refractivity contribution in [3.8, 4) is 22.3 Å². The van der Waals surface area contributed by atoms with Crippen molar-refractivity contribution >= 4 is 35.1 Å². The van der Waals surface area contributed by atoms with Crippen LogP contribution in [0.3, 0.4) is 0 Å². The summed E-state index contributed by atoms with van der Waals surface area (Å²) < 4.78 is 0.209. The minimum absolute atomic E-state index is 0.104. The molecule has 0 spiro atoms. The van der Waals surface area contributed by atoms with Crippen LogP contribution in [0.2, 0.25) is 13.1 Å². The van der Waals surface area contributed by atoms with Crippen molar-refractivity contribution in [2.75, 3.05) is 0 Å². The van der Waals surface area contributed by atoms with E-state index in [0.29, 0.717) is 10.8 Å². The van der Waals surface area contributed by atoms with Crippen LogP contribution in [0.5, 0.6) is 0 Å². The predicted molar refractivity (Wildman–Crippen MR) is 274 cm³/mol. The van der Waals surface area contributed by atoms with Gasteiger partial charge in [-0.3, -0.25) is 0 Å². The topological polar surface area (TPSA) is 0 Å². The first kappa shape index (κ1) is 46.6. The van der Waals surface area contributed by atoms with Crippen molar-refractivity contribution in [2.45, 2.75) is 176 Å². The van der Waals surface area contributed by atoms with Crippen molar-refractivity contribution in [1.82, 2.24) is 0 Å². The third-order valence-electron chi connectivity index (χ3n) is 16.8. The van der Waals surface area contributed by atoms with E-state index in [0.717, 1.165) is 12.8 Å². The van der Waals surface area contributed by atoms with Crippen LogP contribution in [0.25, 0.3) is 34.4 Å². The third kappa shape index (κ3) is 9.10. The van der Waals surface area contributed by atoms with Gasteiger partial charge in [0.15, 0.2) is 0 Å². The second-order valence-electron chi connectivity index (χ2n) is 21.4. The Morgan fingerprint density at radius 3 is 1.21 bits per heavy atom. The number of halogens is 2. The summed E-state index contributed by atoms with van der Waals surface area (Å²) in [5.41, 5.74) is 17.4. The fourth-order valence-electron chi connectivity index (χ4n) is 13.6. The van der Waals surface area contributed by atoms with Crippen LogP contribution in [0, 0.1) is 24.7 Å². The summed E-state index contributed by atoms with van der Waals surface area (Å²) in [5.74, 6) is -1.77. The molecule has 4 aliphatic carbocycles. The zero-order valence-corrected chi connectivity index (χ0v) is 44.5. The number of hydrogen-bond acceptors (Lipinski definition) is 0. The molecule has 8 rings (SSSR count). The molecular weight excluding hydrogens is 887 g/mol. The summed E-state index contributed by atoms with van der Waals surface area (Å²) >= 11 is -5.16. The number of benzene rings is 4. The zero-order chi connectivity index (χ0) is 43.6. The molecule has 0 amide bonds. The summed E-state index contributed by atoms with van der Waals surface area (Å²) in [6.45, 7) is 14.4. The van der Waals surface area contributed by atoms with Gasteiger partial charge in [0.1, 0.15) is 0 Å². The van der Waals surface area contributed by atoms with E-state index in [2.05, 4.69) is 138 Å². The second-order valence-corrected chi connectivity index (χ2v) is 63.9. The number of hydrogen-bond donors (Lipinski definition) is 0. The fraction of sp³-hybridized carbons (Fsp3) is 0.517. The Kier molecular flexibility index (Phi) is 14.6. The second kappa shape index (κ2) is 19.5. The predicted octanol–water partition coefficient (Wildman–Crippen LogP) is 19.0. The number of allylic oxidation sites excluding steroid dienone is 2. The van der Waals surface area contributed by atoms with Crippen molar-refractivity contribution in [3.05, 3.63) is 129 Å². The van der Waals surface area contributed by atoms with Crippen LogP contribution in [0.15, 0.2) is 96.1 Å². The normalized spacial score (nSPS) is 22.0. The molecule has 331 valence electrons. The van der Waals surface area contributed by atoms with Gasteiger partial charge in [0.2, 0.25) is 0 Å². The molecule has 4 heteroatoms. The molecule has 2 unspecified atom stereocenters. The van der Waals surface area contributed by atoms with Crippen LogP contribution in [-0.4, -0.2) is 5.92 Å². The molecule has 2 atom stereocenters. The van der Waals surface area contributed by atoms with Gasteiger partial charge in [0, 0.05) is 0 Å². The van der Waals surface area contributed by atoms with Gasteiger partial charge in [-0.25, -0.2) is 0 Å². The molecule has 62 heavy (non-hydrogen) atoms. The molecule has 0 bridgehead atoms. The Hall–Kier alpha value is -1.96. The van der Waals surface area contributed by atoms with Gasteiger partial charge in [-0.05, 0) is 0 Å². The minimum atomic E-state index is -5.16. The summed E-state index contributed by atoms with van der Waals surface area (Å²) in [6, 6.07) is 32.9. The summed E-state index contributed by atoms with van der Waals surface area (Å²) in [4.78, 5) is 0. The summed E-state index contributed by atoms with van der Waals surface area (Å²) in [6.07, 6.45) is 31.7. The van der Waals surface area contributed by atoms with Gasteiger partial charge in [-0.1, -0.05) is 0 Å². The number of aryl methyl sites for hydroxylation is 2.